The largest absolute Gasteiger partial charge is 0.497 e. The van der Waals surface area contributed by atoms with Crippen LogP contribution in [0.25, 0.3) is 10.9 Å². The van der Waals surface area contributed by atoms with Gasteiger partial charge in [-0.05, 0) is 65.4 Å². The van der Waals surface area contributed by atoms with Crippen LogP contribution >= 0.6 is 11.6 Å². The molecule has 0 saturated heterocycles. The molecule has 0 fully saturated rings. The van der Waals surface area contributed by atoms with Gasteiger partial charge in [0.1, 0.15) is 22.7 Å². The zero-order valence-electron chi connectivity index (χ0n) is 27.7. The van der Waals surface area contributed by atoms with Crippen molar-refractivity contribution < 1.29 is 9.47 Å². The highest BCUT2D eigenvalue weighted by Gasteiger charge is 2.20. The summed E-state index contributed by atoms with van der Waals surface area (Å²) in [5.41, 5.74) is 4.72. The molecule has 3 aromatic carbocycles. The lowest BCUT2D eigenvalue weighted by atomic mass is 10.1. The summed E-state index contributed by atoms with van der Waals surface area (Å²) < 4.78 is 12.5. The first-order chi connectivity index (χ1) is 22.9. The maximum atomic E-state index is 14.1. The van der Waals surface area contributed by atoms with Crippen LogP contribution in [-0.4, -0.2) is 34.8 Å². The molecule has 0 radical (unpaired) electrons. The molecule has 47 heavy (non-hydrogen) atoms. The molecule has 0 aliphatic rings. The van der Waals surface area contributed by atoms with Crippen molar-refractivity contribution in [2.75, 3.05) is 24.4 Å². The number of benzene rings is 3. The smallest absolute Gasteiger partial charge is 0.264 e. The number of ether oxygens (including phenoxy) is 2. The maximum absolute atomic E-state index is 14.1. The molecule has 9 heteroatoms. The molecule has 0 saturated carbocycles. The summed E-state index contributed by atoms with van der Waals surface area (Å²) >= 11 is 5.99. The van der Waals surface area contributed by atoms with Crippen LogP contribution in [0.15, 0.2) is 89.9 Å². The van der Waals surface area contributed by atoms with E-state index < -0.39 is 0 Å². The van der Waals surface area contributed by atoms with Crippen molar-refractivity contribution in [3.63, 3.8) is 0 Å². The van der Waals surface area contributed by atoms with Crippen molar-refractivity contribution in [1.29, 1.82) is 0 Å². The molecular formula is C38H44ClN5O3. The molecule has 246 valence electrons. The van der Waals surface area contributed by atoms with E-state index in [9.17, 15) is 4.79 Å². The first-order valence-electron chi connectivity index (χ1n) is 16.3. The zero-order chi connectivity index (χ0) is 33.2. The number of methoxy groups -OCH3 is 2. The van der Waals surface area contributed by atoms with Crippen molar-refractivity contribution in [2.24, 2.45) is 0 Å². The summed E-state index contributed by atoms with van der Waals surface area (Å²) in [5.74, 6) is 3.17. The average Bonchev–Trinajstić information content (AvgIpc) is 3.10. The Balaban J connectivity index is 1.60. The minimum absolute atomic E-state index is 0.124. The van der Waals surface area contributed by atoms with Gasteiger partial charge in [-0.15, -0.1) is 11.6 Å². The minimum atomic E-state index is -0.124. The van der Waals surface area contributed by atoms with Gasteiger partial charge in [0.2, 0.25) is 5.95 Å². The lowest BCUT2D eigenvalue weighted by Crippen LogP contribution is -2.28. The van der Waals surface area contributed by atoms with E-state index in [2.05, 4.69) is 48.3 Å². The molecule has 5 aromatic rings. The lowest BCUT2D eigenvalue weighted by Gasteiger charge is -2.26. The highest BCUT2D eigenvalue weighted by atomic mass is 35.5. The summed E-state index contributed by atoms with van der Waals surface area (Å²) in [6.07, 6.45) is 5.83. The van der Waals surface area contributed by atoms with Crippen LogP contribution in [0.4, 0.5) is 11.8 Å². The van der Waals surface area contributed by atoms with Crippen molar-refractivity contribution in [3.8, 4) is 11.5 Å². The highest BCUT2D eigenvalue weighted by Crippen LogP contribution is 2.27. The Kier molecular flexibility index (Phi) is 11.7. The Morgan fingerprint density at radius 3 is 1.81 bits per heavy atom. The summed E-state index contributed by atoms with van der Waals surface area (Å²) in [7, 11) is 3.33. The number of halogens is 1. The van der Waals surface area contributed by atoms with E-state index >= 15 is 0 Å². The van der Waals surface area contributed by atoms with Crippen LogP contribution < -0.4 is 25.2 Å². The SMILES string of the molecule is CCCC(CCC)Nc1nc(N(Cc2ccc(OC)cc2)Cc2ccc(OC)cc2)nc2ccn(Cc3ccc(CCl)cc3)c(=O)c12. The summed E-state index contributed by atoms with van der Waals surface area (Å²) in [6.45, 7) is 5.92. The predicted molar refractivity (Wildman–Crippen MR) is 192 cm³/mol. The van der Waals surface area contributed by atoms with Crippen molar-refractivity contribution >= 4 is 34.3 Å². The Bertz CT molecular complexity index is 1740. The quantitative estimate of drug-likeness (QED) is 0.108. The molecule has 2 heterocycles. The third-order valence-electron chi connectivity index (χ3n) is 8.31. The Labute approximate surface area is 282 Å². The van der Waals surface area contributed by atoms with E-state index in [1.807, 2.05) is 60.8 Å². The fourth-order valence-corrected chi connectivity index (χ4v) is 5.93. The number of fused-ring (bicyclic) bond motifs is 1. The van der Waals surface area contributed by atoms with Crippen LogP contribution in [0.2, 0.25) is 0 Å². The molecule has 5 rings (SSSR count). The Hall–Kier alpha value is -4.56. The second-order valence-corrected chi connectivity index (χ2v) is 12.1. The molecule has 0 aliphatic heterocycles. The minimum Gasteiger partial charge on any atom is -0.497 e. The number of rotatable bonds is 16. The molecule has 0 amide bonds. The van der Waals surface area contributed by atoms with Gasteiger partial charge in [0, 0.05) is 31.2 Å². The first-order valence-corrected chi connectivity index (χ1v) is 16.8. The van der Waals surface area contributed by atoms with E-state index in [1.54, 1.807) is 18.8 Å². The van der Waals surface area contributed by atoms with Gasteiger partial charge in [-0.25, -0.2) is 4.98 Å². The number of nitrogens with one attached hydrogen (secondary N) is 1. The Morgan fingerprint density at radius 2 is 1.30 bits per heavy atom. The van der Waals surface area contributed by atoms with Crippen LogP contribution in [0.1, 0.15) is 61.8 Å². The average molecular weight is 654 g/mol. The number of hydrogen-bond acceptors (Lipinski definition) is 7. The standard InChI is InChI=1S/C38H44ClN5O3/c1-5-7-31(8-6-2)40-36-35-34(21-22-43(37(35)45)24-28-11-9-27(23-39)10-12-28)41-38(42-36)44(25-29-13-17-32(46-3)18-14-29)26-30-15-19-33(47-4)20-16-30/h9-22,31H,5-8,23-26H2,1-4H3,(H,40,41,42). The number of pyridine rings is 1. The predicted octanol–water partition coefficient (Wildman–Crippen LogP) is 8.18. The van der Waals surface area contributed by atoms with Gasteiger partial charge >= 0.3 is 0 Å². The molecule has 8 nitrogen and oxygen atoms in total. The van der Waals surface area contributed by atoms with E-state index in [1.165, 1.54) is 0 Å². The normalized spacial score (nSPS) is 11.2. The third kappa shape index (κ3) is 8.63. The van der Waals surface area contributed by atoms with Gasteiger partial charge in [0.05, 0.1) is 26.3 Å². The maximum Gasteiger partial charge on any atom is 0.264 e. The van der Waals surface area contributed by atoms with Crippen LogP contribution in [0, 0.1) is 0 Å². The number of anilines is 2. The fourth-order valence-electron chi connectivity index (χ4n) is 5.75. The van der Waals surface area contributed by atoms with Gasteiger partial charge in [0.25, 0.3) is 5.56 Å². The first kappa shape index (κ1) is 33.8. The van der Waals surface area contributed by atoms with Crippen LogP contribution in [-0.2, 0) is 25.5 Å². The fraction of sp³-hybridized carbons (Fsp3) is 0.342. The van der Waals surface area contributed by atoms with E-state index in [0.29, 0.717) is 48.2 Å². The number of nitrogens with zero attached hydrogens (tertiary/aromatic N) is 4. The molecule has 2 aromatic heterocycles. The number of aromatic nitrogens is 3. The molecule has 0 bridgehead atoms. The summed E-state index contributed by atoms with van der Waals surface area (Å²) in [4.78, 5) is 26.4. The number of alkyl halides is 1. The monoisotopic (exact) mass is 653 g/mol. The molecule has 0 aliphatic carbocycles. The lowest BCUT2D eigenvalue weighted by molar-refractivity contribution is 0.414. The molecule has 1 N–H and O–H groups in total. The highest BCUT2D eigenvalue weighted by molar-refractivity contribution is 6.17. The van der Waals surface area contributed by atoms with Gasteiger partial charge in [0.15, 0.2) is 0 Å². The molecule has 0 spiro atoms. The second kappa shape index (κ2) is 16.3. The molecule has 0 atom stereocenters. The van der Waals surface area contributed by atoms with Gasteiger partial charge in [-0.1, -0.05) is 75.2 Å². The second-order valence-electron chi connectivity index (χ2n) is 11.8. The van der Waals surface area contributed by atoms with Crippen LogP contribution in [0.3, 0.4) is 0 Å². The van der Waals surface area contributed by atoms with E-state index in [4.69, 9.17) is 31.0 Å². The van der Waals surface area contributed by atoms with E-state index in [0.717, 1.165) is 59.4 Å². The Morgan fingerprint density at radius 1 is 0.766 bits per heavy atom. The van der Waals surface area contributed by atoms with Gasteiger partial charge in [-0.3, -0.25) is 4.79 Å². The summed E-state index contributed by atoms with van der Waals surface area (Å²) in [6, 6.07) is 26.2. The topological polar surface area (TPSA) is 81.5 Å². The van der Waals surface area contributed by atoms with Crippen molar-refractivity contribution in [1.82, 2.24) is 14.5 Å². The third-order valence-corrected chi connectivity index (χ3v) is 8.61. The van der Waals surface area contributed by atoms with Crippen LogP contribution in [0.5, 0.6) is 11.5 Å². The van der Waals surface area contributed by atoms with E-state index in [-0.39, 0.29) is 11.6 Å². The van der Waals surface area contributed by atoms with Crippen molar-refractivity contribution in [2.45, 2.75) is 71.1 Å². The van der Waals surface area contributed by atoms with Crippen molar-refractivity contribution in [3.05, 3.63) is 118 Å². The number of hydrogen-bond donors (Lipinski definition) is 1. The van der Waals surface area contributed by atoms with Gasteiger partial charge < -0.3 is 24.3 Å². The zero-order valence-corrected chi connectivity index (χ0v) is 28.5. The molecule has 0 unspecified atom stereocenters. The summed E-state index contributed by atoms with van der Waals surface area (Å²) in [5, 5.41) is 4.18. The molecular weight excluding hydrogens is 610 g/mol. The van der Waals surface area contributed by atoms with Gasteiger partial charge in [-0.2, -0.15) is 4.98 Å².